The molecule has 1 heterocycles. The lowest BCUT2D eigenvalue weighted by Crippen LogP contribution is -2.29. The highest BCUT2D eigenvalue weighted by molar-refractivity contribution is 6.07. The van der Waals surface area contributed by atoms with Gasteiger partial charge in [-0.25, -0.2) is 0 Å². The van der Waals surface area contributed by atoms with Gasteiger partial charge in [-0.2, -0.15) is 0 Å². The van der Waals surface area contributed by atoms with Crippen LogP contribution in [0.2, 0.25) is 0 Å². The van der Waals surface area contributed by atoms with E-state index >= 15 is 0 Å². The number of Topliss-reactive ketones (excluding diaryl/α,β-unsaturated/α-hetero) is 2. The van der Waals surface area contributed by atoms with Crippen LogP contribution in [0.4, 0.5) is 5.69 Å². The molecular formula is C24H20N2O4. The van der Waals surface area contributed by atoms with Crippen molar-refractivity contribution >= 4 is 23.2 Å². The number of nitrogens with one attached hydrogen (secondary N) is 2. The van der Waals surface area contributed by atoms with Crippen molar-refractivity contribution in [2.75, 3.05) is 5.32 Å². The number of anilines is 1. The first-order valence-corrected chi connectivity index (χ1v) is 9.69. The van der Waals surface area contributed by atoms with Gasteiger partial charge in [0.25, 0.3) is 11.5 Å². The smallest absolute Gasteiger partial charge is 0.261 e. The molecule has 0 saturated carbocycles. The Kier molecular flexibility index (Phi) is 5.14. The number of fused-ring (bicyclic) bond motifs is 1. The van der Waals surface area contributed by atoms with E-state index < -0.39 is 11.5 Å². The highest BCUT2D eigenvalue weighted by Gasteiger charge is 2.28. The van der Waals surface area contributed by atoms with Crippen LogP contribution in [0.15, 0.2) is 65.5 Å². The number of carbonyl (C=O) groups excluding carboxylic acids is 3. The Bertz CT molecular complexity index is 1190. The molecule has 30 heavy (non-hydrogen) atoms. The molecule has 4 rings (SSSR count). The number of carbonyl (C=O) groups is 3. The van der Waals surface area contributed by atoms with Crippen molar-refractivity contribution in [1.82, 2.24) is 4.98 Å². The molecule has 0 fully saturated rings. The van der Waals surface area contributed by atoms with Crippen LogP contribution in [0.25, 0.3) is 0 Å². The molecule has 0 aliphatic heterocycles. The van der Waals surface area contributed by atoms with Gasteiger partial charge in [0.1, 0.15) is 5.56 Å². The fourth-order valence-corrected chi connectivity index (χ4v) is 3.75. The Labute approximate surface area is 173 Å². The van der Waals surface area contributed by atoms with E-state index in [-0.39, 0.29) is 23.0 Å². The second-order valence-electron chi connectivity index (χ2n) is 7.43. The third-order valence-electron chi connectivity index (χ3n) is 5.37. The normalized spacial score (nSPS) is 15.4. The van der Waals surface area contributed by atoms with Crippen LogP contribution in [0.5, 0.6) is 0 Å². The number of rotatable bonds is 4. The second-order valence-corrected chi connectivity index (χ2v) is 7.43. The highest BCUT2D eigenvalue weighted by atomic mass is 16.2. The first kappa shape index (κ1) is 19.5. The molecule has 0 spiro atoms. The molecule has 1 unspecified atom stereocenters. The Morgan fingerprint density at radius 1 is 0.967 bits per heavy atom. The number of ketones is 2. The van der Waals surface area contributed by atoms with Gasteiger partial charge in [-0.3, -0.25) is 19.2 Å². The molecule has 0 radical (unpaired) electrons. The standard InChI is InChI=1S/C24H20N2O4/c1-14(27)15-7-9-18(10-8-15)25-23(29)20-13-19-21(26-24(20)30)11-17(12-22(19)28)16-5-3-2-4-6-16/h2-10,13,17H,11-12H2,1H3,(H,25,29)(H,26,30). The van der Waals surface area contributed by atoms with Crippen molar-refractivity contribution in [2.24, 2.45) is 0 Å². The molecule has 1 amide bonds. The summed E-state index contributed by atoms with van der Waals surface area (Å²) in [5.41, 5.74) is 2.33. The average molecular weight is 400 g/mol. The summed E-state index contributed by atoms with van der Waals surface area (Å²) < 4.78 is 0. The van der Waals surface area contributed by atoms with Crippen LogP contribution in [0, 0.1) is 0 Å². The van der Waals surface area contributed by atoms with Gasteiger partial charge in [0.15, 0.2) is 11.6 Å². The van der Waals surface area contributed by atoms with Gasteiger partial charge < -0.3 is 10.3 Å². The number of hydrogen-bond acceptors (Lipinski definition) is 4. The topological polar surface area (TPSA) is 96.1 Å². The number of H-pyrrole nitrogens is 1. The molecule has 2 aromatic carbocycles. The molecule has 1 atom stereocenters. The molecule has 1 aromatic heterocycles. The number of hydrogen-bond donors (Lipinski definition) is 2. The Morgan fingerprint density at radius 2 is 1.67 bits per heavy atom. The Hall–Kier alpha value is -3.80. The van der Waals surface area contributed by atoms with E-state index in [1.54, 1.807) is 24.3 Å². The van der Waals surface area contributed by atoms with Crippen molar-refractivity contribution in [3.05, 3.63) is 99.0 Å². The molecule has 1 aliphatic carbocycles. The van der Waals surface area contributed by atoms with Crippen LogP contribution in [0.3, 0.4) is 0 Å². The molecule has 0 bridgehead atoms. The predicted octanol–water partition coefficient (Wildman–Crippen LogP) is 3.74. The number of aromatic nitrogens is 1. The van der Waals surface area contributed by atoms with Crippen molar-refractivity contribution in [3.8, 4) is 0 Å². The van der Waals surface area contributed by atoms with Gasteiger partial charge in [-0.05, 0) is 55.2 Å². The lowest BCUT2D eigenvalue weighted by atomic mass is 9.81. The van der Waals surface area contributed by atoms with Gasteiger partial charge in [0.2, 0.25) is 0 Å². The SMILES string of the molecule is CC(=O)c1ccc(NC(=O)c2cc3c([nH]c2=O)CC(c2ccccc2)CC3=O)cc1. The van der Waals surface area contributed by atoms with Crippen LogP contribution in [0.1, 0.15) is 61.6 Å². The van der Waals surface area contributed by atoms with E-state index in [0.29, 0.717) is 35.3 Å². The maximum absolute atomic E-state index is 12.7. The molecule has 6 nitrogen and oxygen atoms in total. The number of benzene rings is 2. The summed E-state index contributed by atoms with van der Waals surface area (Å²) in [7, 11) is 0. The van der Waals surface area contributed by atoms with Crippen LogP contribution >= 0.6 is 0 Å². The van der Waals surface area contributed by atoms with Crippen molar-refractivity contribution in [3.63, 3.8) is 0 Å². The summed E-state index contributed by atoms with van der Waals surface area (Å²) in [4.78, 5) is 52.0. The second kappa shape index (κ2) is 7.91. The maximum Gasteiger partial charge on any atom is 0.261 e. The molecular weight excluding hydrogens is 380 g/mol. The van der Waals surface area contributed by atoms with Crippen molar-refractivity contribution in [1.29, 1.82) is 0 Å². The number of pyridine rings is 1. The minimum atomic E-state index is -0.604. The largest absolute Gasteiger partial charge is 0.325 e. The van der Waals surface area contributed by atoms with E-state index in [1.807, 2.05) is 30.3 Å². The monoisotopic (exact) mass is 400 g/mol. The molecule has 1 aliphatic rings. The quantitative estimate of drug-likeness (QED) is 0.652. The van der Waals surface area contributed by atoms with Crippen LogP contribution in [-0.4, -0.2) is 22.5 Å². The maximum atomic E-state index is 12.7. The molecule has 150 valence electrons. The molecule has 0 saturated heterocycles. The fraction of sp³-hybridized carbons (Fsp3) is 0.167. The number of amides is 1. The predicted molar refractivity (Wildman–Crippen MR) is 113 cm³/mol. The molecule has 3 aromatic rings. The summed E-state index contributed by atoms with van der Waals surface area (Å²) >= 11 is 0. The van der Waals surface area contributed by atoms with Crippen molar-refractivity contribution < 1.29 is 14.4 Å². The summed E-state index contributed by atoms with van der Waals surface area (Å²) in [5.74, 6) is -0.776. The highest BCUT2D eigenvalue weighted by Crippen LogP contribution is 2.31. The van der Waals surface area contributed by atoms with E-state index in [9.17, 15) is 19.2 Å². The van der Waals surface area contributed by atoms with Gasteiger partial charge in [-0.15, -0.1) is 0 Å². The van der Waals surface area contributed by atoms with Gasteiger partial charge in [0, 0.05) is 28.9 Å². The summed E-state index contributed by atoms with van der Waals surface area (Å²) in [5, 5.41) is 2.64. The number of aromatic amines is 1. The van der Waals surface area contributed by atoms with Crippen LogP contribution < -0.4 is 10.9 Å². The van der Waals surface area contributed by atoms with E-state index in [0.717, 1.165) is 5.56 Å². The van der Waals surface area contributed by atoms with E-state index in [1.165, 1.54) is 13.0 Å². The minimum Gasteiger partial charge on any atom is -0.325 e. The van der Waals surface area contributed by atoms with E-state index in [4.69, 9.17) is 0 Å². The van der Waals surface area contributed by atoms with Crippen LogP contribution in [-0.2, 0) is 6.42 Å². The molecule has 2 N–H and O–H groups in total. The van der Waals surface area contributed by atoms with Gasteiger partial charge in [-0.1, -0.05) is 30.3 Å². The lowest BCUT2D eigenvalue weighted by Gasteiger charge is -2.24. The van der Waals surface area contributed by atoms with Gasteiger partial charge >= 0.3 is 0 Å². The zero-order valence-electron chi connectivity index (χ0n) is 16.4. The average Bonchev–Trinajstić information content (AvgIpc) is 2.74. The van der Waals surface area contributed by atoms with Gasteiger partial charge in [0.05, 0.1) is 0 Å². The zero-order valence-corrected chi connectivity index (χ0v) is 16.4. The molecule has 6 heteroatoms. The minimum absolute atomic E-state index is 0.00122. The third kappa shape index (κ3) is 3.85. The summed E-state index contributed by atoms with van der Waals surface area (Å²) in [6.07, 6.45) is 0.866. The van der Waals surface area contributed by atoms with E-state index in [2.05, 4.69) is 10.3 Å². The summed E-state index contributed by atoms with van der Waals surface area (Å²) in [6.45, 7) is 1.46. The third-order valence-corrected chi connectivity index (χ3v) is 5.37. The zero-order chi connectivity index (χ0) is 21.3. The van der Waals surface area contributed by atoms with Crippen molar-refractivity contribution in [2.45, 2.75) is 25.7 Å². The fourth-order valence-electron chi connectivity index (χ4n) is 3.75. The Balaban J connectivity index is 1.58. The first-order chi connectivity index (χ1) is 14.4. The summed E-state index contributed by atoms with van der Waals surface area (Å²) in [6, 6.07) is 17.5. The Morgan fingerprint density at radius 3 is 2.33 bits per heavy atom. The lowest BCUT2D eigenvalue weighted by molar-refractivity contribution is 0.0961. The first-order valence-electron chi connectivity index (χ1n) is 9.69.